The molecule has 0 atom stereocenters. The number of anilines is 1. The monoisotopic (exact) mass is 223 g/mol. The molecule has 0 saturated heterocycles. The molecule has 0 bridgehead atoms. The van der Waals surface area contributed by atoms with Crippen molar-refractivity contribution in [1.82, 2.24) is 9.55 Å². The van der Waals surface area contributed by atoms with Crippen molar-refractivity contribution in [3.63, 3.8) is 0 Å². The number of aromatic nitrogens is 2. The highest BCUT2D eigenvalue weighted by molar-refractivity contribution is 5.25. The third-order valence-electron chi connectivity index (χ3n) is 1.70. The van der Waals surface area contributed by atoms with E-state index in [4.69, 9.17) is 4.74 Å². The molecule has 1 N–H and O–H groups in total. The van der Waals surface area contributed by atoms with Crippen molar-refractivity contribution in [3.05, 3.63) is 12.4 Å². The molecule has 0 radical (unpaired) electrons. The Labute approximate surface area is 85.1 Å². The molecule has 1 heterocycles. The Hall–Kier alpha value is -1.24. The van der Waals surface area contributed by atoms with Gasteiger partial charge in [-0.1, -0.05) is 0 Å². The lowest BCUT2D eigenvalue weighted by atomic mass is 10.6. The van der Waals surface area contributed by atoms with Crippen molar-refractivity contribution < 1.29 is 17.9 Å². The number of ether oxygens (including phenoxy) is 1. The van der Waals surface area contributed by atoms with Crippen LogP contribution < -0.4 is 5.32 Å². The summed E-state index contributed by atoms with van der Waals surface area (Å²) in [5.74, 6) is 0.198. The number of imidazole rings is 1. The molecule has 7 heteroatoms. The van der Waals surface area contributed by atoms with E-state index in [0.29, 0.717) is 13.2 Å². The van der Waals surface area contributed by atoms with Crippen molar-refractivity contribution in [2.24, 2.45) is 0 Å². The Morgan fingerprint density at radius 1 is 1.53 bits per heavy atom. The standard InChI is InChI=1S/C8H12F3N3O/c1-15-5-4-14-3-2-12-7(14)13-6-8(9,10)11/h2-3H,4-6H2,1H3,(H,12,13). The van der Waals surface area contributed by atoms with Crippen molar-refractivity contribution in [1.29, 1.82) is 0 Å². The van der Waals surface area contributed by atoms with E-state index in [1.54, 1.807) is 10.8 Å². The van der Waals surface area contributed by atoms with Crippen LogP contribution in [0.2, 0.25) is 0 Å². The molecule has 1 rings (SSSR count). The molecule has 0 unspecified atom stereocenters. The van der Waals surface area contributed by atoms with Crippen LogP contribution in [0.3, 0.4) is 0 Å². The van der Waals surface area contributed by atoms with Gasteiger partial charge in [0.25, 0.3) is 0 Å². The predicted molar refractivity (Wildman–Crippen MR) is 48.6 cm³/mol. The van der Waals surface area contributed by atoms with Crippen LogP contribution >= 0.6 is 0 Å². The van der Waals surface area contributed by atoms with Gasteiger partial charge in [-0.15, -0.1) is 0 Å². The SMILES string of the molecule is COCCn1ccnc1NCC(F)(F)F. The maximum Gasteiger partial charge on any atom is 0.405 e. The van der Waals surface area contributed by atoms with Gasteiger partial charge in [0.15, 0.2) is 0 Å². The van der Waals surface area contributed by atoms with Crippen LogP contribution in [-0.2, 0) is 11.3 Å². The third kappa shape index (κ3) is 4.20. The fraction of sp³-hybridized carbons (Fsp3) is 0.625. The van der Waals surface area contributed by atoms with Gasteiger partial charge >= 0.3 is 6.18 Å². The fourth-order valence-corrected chi connectivity index (χ4v) is 1.03. The van der Waals surface area contributed by atoms with Crippen molar-refractivity contribution >= 4 is 5.95 Å². The molecule has 0 aromatic carbocycles. The zero-order chi connectivity index (χ0) is 11.3. The van der Waals surface area contributed by atoms with Crippen LogP contribution in [0, 0.1) is 0 Å². The first kappa shape index (κ1) is 11.8. The lowest BCUT2D eigenvalue weighted by Gasteiger charge is -2.10. The molecule has 0 spiro atoms. The minimum atomic E-state index is -4.24. The molecule has 15 heavy (non-hydrogen) atoms. The molecule has 0 aliphatic rings. The Bertz CT molecular complexity index is 298. The minimum Gasteiger partial charge on any atom is -0.383 e. The van der Waals surface area contributed by atoms with Gasteiger partial charge < -0.3 is 14.6 Å². The lowest BCUT2D eigenvalue weighted by molar-refractivity contribution is -0.115. The highest BCUT2D eigenvalue weighted by Crippen LogP contribution is 2.15. The van der Waals surface area contributed by atoms with Crippen LogP contribution in [0.15, 0.2) is 12.4 Å². The second-order valence-corrected chi connectivity index (χ2v) is 2.91. The third-order valence-corrected chi connectivity index (χ3v) is 1.70. The molecule has 0 saturated carbocycles. The van der Waals surface area contributed by atoms with Crippen molar-refractivity contribution in [2.45, 2.75) is 12.7 Å². The molecule has 0 aliphatic carbocycles. The summed E-state index contributed by atoms with van der Waals surface area (Å²) in [6.45, 7) is -0.190. The molecule has 0 fully saturated rings. The lowest BCUT2D eigenvalue weighted by Crippen LogP contribution is -2.23. The average Bonchev–Trinajstić information content (AvgIpc) is 2.57. The normalized spacial score (nSPS) is 11.7. The molecule has 1 aromatic heterocycles. The van der Waals surface area contributed by atoms with Gasteiger partial charge in [-0.3, -0.25) is 0 Å². The number of hydrogen-bond donors (Lipinski definition) is 1. The topological polar surface area (TPSA) is 39.1 Å². The summed E-state index contributed by atoms with van der Waals surface area (Å²) < 4.78 is 42.1. The van der Waals surface area contributed by atoms with Gasteiger partial charge in [-0.05, 0) is 0 Å². The molecule has 0 aliphatic heterocycles. The Morgan fingerprint density at radius 3 is 2.87 bits per heavy atom. The molecule has 86 valence electrons. The number of nitrogens with one attached hydrogen (secondary N) is 1. The van der Waals surface area contributed by atoms with Crippen LogP contribution in [-0.4, -0.2) is 36.0 Å². The molecular formula is C8H12F3N3O. The van der Waals surface area contributed by atoms with E-state index in [2.05, 4.69) is 10.3 Å². The summed E-state index contributed by atoms with van der Waals surface area (Å²) in [4.78, 5) is 3.77. The molecule has 4 nitrogen and oxygen atoms in total. The van der Waals surface area contributed by atoms with Gasteiger partial charge in [0.05, 0.1) is 6.61 Å². The molecule has 0 amide bonds. The summed E-state index contributed by atoms with van der Waals surface area (Å²) in [5.41, 5.74) is 0. The second-order valence-electron chi connectivity index (χ2n) is 2.91. The molecule has 1 aromatic rings. The first-order valence-corrected chi connectivity index (χ1v) is 4.33. The van der Waals surface area contributed by atoms with E-state index in [-0.39, 0.29) is 5.95 Å². The quantitative estimate of drug-likeness (QED) is 0.822. The van der Waals surface area contributed by atoms with Crippen molar-refractivity contribution in [3.8, 4) is 0 Å². The van der Waals surface area contributed by atoms with Gasteiger partial charge in [0.1, 0.15) is 6.54 Å². The smallest absolute Gasteiger partial charge is 0.383 e. The van der Waals surface area contributed by atoms with Gasteiger partial charge in [-0.2, -0.15) is 13.2 Å². The van der Waals surface area contributed by atoms with E-state index < -0.39 is 12.7 Å². The number of halogens is 3. The number of nitrogens with zero attached hydrogens (tertiary/aromatic N) is 2. The first-order valence-electron chi connectivity index (χ1n) is 4.33. The highest BCUT2D eigenvalue weighted by atomic mass is 19.4. The highest BCUT2D eigenvalue weighted by Gasteiger charge is 2.27. The summed E-state index contributed by atoms with van der Waals surface area (Å²) in [5, 5.41) is 2.21. The molecular weight excluding hydrogens is 211 g/mol. The Morgan fingerprint density at radius 2 is 2.27 bits per heavy atom. The number of hydrogen-bond acceptors (Lipinski definition) is 3. The largest absolute Gasteiger partial charge is 0.405 e. The fourth-order valence-electron chi connectivity index (χ4n) is 1.03. The van der Waals surface area contributed by atoms with E-state index in [0.717, 1.165) is 0 Å². The first-order chi connectivity index (χ1) is 7.03. The van der Waals surface area contributed by atoms with Crippen LogP contribution in [0.1, 0.15) is 0 Å². The number of methoxy groups -OCH3 is 1. The summed E-state index contributed by atoms with van der Waals surface area (Å²) in [6, 6.07) is 0. The van der Waals surface area contributed by atoms with Gasteiger partial charge in [-0.25, -0.2) is 4.98 Å². The van der Waals surface area contributed by atoms with E-state index in [1.165, 1.54) is 13.3 Å². The predicted octanol–water partition coefficient (Wildman–Crippen LogP) is 1.50. The second kappa shape index (κ2) is 5.01. The summed E-state index contributed by atoms with van der Waals surface area (Å²) in [7, 11) is 1.53. The summed E-state index contributed by atoms with van der Waals surface area (Å²) >= 11 is 0. The number of rotatable bonds is 5. The van der Waals surface area contributed by atoms with Crippen LogP contribution in [0.25, 0.3) is 0 Å². The maximum atomic E-state index is 11.9. The number of alkyl halides is 3. The zero-order valence-corrected chi connectivity index (χ0v) is 8.21. The van der Waals surface area contributed by atoms with E-state index >= 15 is 0 Å². The Kier molecular flexibility index (Phi) is 3.96. The van der Waals surface area contributed by atoms with E-state index in [1.807, 2.05) is 0 Å². The van der Waals surface area contributed by atoms with Crippen molar-refractivity contribution in [2.75, 3.05) is 25.6 Å². The average molecular weight is 223 g/mol. The minimum absolute atomic E-state index is 0.198. The van der Waals surface area contributed by atoms with E-state index in [9.17, 15) is 13.2 Å². The van der Waals surface area contributed by atoms with Crippen LogP contribution in [0.4, 0.5) is 19.1 Å². The van der Waals surface area contributed by atoms with Gasteiger partial charge in [0, 0.05) is 26.0 Å². The Balaban J connectivity index is 2.50. The maximum absolute atomic E-state index is 11.9. The van der Waals surface area contributed by atoms with Crippen LogP contribution in [0.5, 0.6) is 0 Å². The summed E-state index contributed by atoms with van der Waals surface area (Å²) in [6.07, 6.45) is -1.20. The zero-order valence-electron chi connectivity index (χ0n) is 8.21. The van der Waals surface area contributed by atoms with Gasteiger partial charge in [0.2, 0.25) is 5.95 Å².